The van der Waals surface area contributed by atoms with E-state index in [2.05, 4.69) is 21.8 Å². The fraction of sp³-hybridized carbons (Fsp3) is 0.500. The maximum absolute atomic E-state index is 12.8. The van der Waals surface area contributed by atoms with Crippen LogP contribution in [0.4, 0.5) is 5.69 Å². The highest BCUT2D eigenvalue weighted by molar-refractivity contribution is 5.77. The molecule has 0 aromatic carbocycles. The maximum atomic E-state index is 12.8. The zero-order chi connectivity index (χ0) is 17.7. The standard InChI is InChI=1S/C20H23N5O/c1-13-16-3-2-4-18(16)23-19-11-25(10-17(13)19)20(26)5-14-8-24(9-14)15-6-21-12-22-7-15/h6-7,12,14H,2-5,8-11H2,1H3. The first-order chi connectivity index (χ1) is 12.7. The van der Waals surface area contributed by atoms with Gasteiger partial charge in [-0.1, -0.05) is 0 Å². The van der Waals surface area contributed by atoms with Crippen LogP contribution in [0.1, 0.15) is 40.9 Å². The van der Waals surface area contributed by atoms with E-state index >= 15 is 0 Å². The van der Waals surface area contributed by atoms with Crippen LogP contribution in [0.15, 0.2) is 18.7 Å². The van der Waals surface area contributed by atoms with E-state index in [-0.39, 0.29) is 5.91 Å². The highest BCUT2D eigenvalue weighted by Crippen LogP contribution is 2.33. The molecule has 0 spiro atoms. The average Bonchev–Trinajstić information content (AvgIpc) is 3.25. The topological polar surface area (TPSA) is 62.2 Å². The summed E-state index contributed by atoms with van der Waals surface area (Å²) in [7, 11) is 0. The van der Waals surface area contributed by atoms with Crippen LogP contribution in [0, 0.1) is 12.8 Å². The molecule has 0 saturated carbocycles. The van der Waals surface area contributed by atoms with Crippen LogP contribution in [0.25, 0.3) is 0 Å². The zero-order valence-corrected chi connectivity index (χ0v) is 15.1. The largest absolute Gasteiger partial charge is 0.368 e. The Bertz CT molecular complexity index is 860. The van der Waals surface area contributed by atoms with Gasteiger partial charge in [0.1, 0.15) is 6.33 Å². The maximum Gasteiger partial charge on any atom is 0.223 e. The fourth-order valence-corrected chi connectivity index (χ4v) is 4.57. The smallest absolute Gasteiger partial charge is 0.223 e. The molecule has 2 aliphatic heterocycles. The van der Waals surface area contributed by atoms with Gasteiger partial charge in [-0.2, -0.15) is 0 Å². The zero-order valence-electron chi connectivity index (χ0n) is 15.1. The number of amides is 1. The Balaban J connectivity index is 1.21. The van der Waals surface area contributed by atoms with Crippen LogP contribution >= 0.6 is 0 Å². The Morgan fingerprint density at radius 2 is 1.92 bits per heavy atom. The van der Waals surface area contributed by atoms with E-state index < -0.39 is 0 Å². The summed E-state index contributed by atoms with van der Waals surface area (Å²) < 4.78 is 0. The number of fused-ring (bicyclic) bond motifs is 2. The average molecular weight is 349 g/mol. The molecule has 134 valence electrons. The molecule has 6 heteroatoms. The molecule has 1 amide bonds. The predicted molar refractivity (Wildman–Crippen MR) is 97.6 cm³/mol. The number of anilines is 1. The molecule has 0 atom stereocenters. The number of carbonyl (C=O) groups excluding carboxylic acids is 1. The molecule has 1 saturated heterocycles. The molecule has 5 rings (SSSR count). The number of carbonyl (C=O) groups is 1. The van der Waals surface area contributed by atoms with E-state index in [9.17, 15) is 4.79 Å². The molecule has 0 bridgehead atoms. The Morgan fingerprint density at radius 3 is 2.73 bits per heavy atom. The molecule has 1 fully saturated rings. The van der Waals surface area contributed by atoms with Gasteiger partial charge < -0.3 is 9.80 Å². The van der Waals surface area contributed by atoms with Gasteiger partial charge in [0, 0.05) is 37.7 Å². The molecule has 0 N–H and O–H groups in total. The van der Waals surface area contributed by atoms with Crippen molar-refractivity contribution >= 4 is 11.6 Å². The van der Waals surface area contributed by atoms with E-state index in [1.165, 1.54) is 28.8 Å². The van der Waals surface area contributed by atoms with Crippen molar-refractivity contribution in [2.24, 2.45) is 5.92 Å². The summed E-state index contributed by atoms with van der Waals surface area (Å²) in [6.45, 7) is 5.45. The van der Waals surface area contributed by atoms with Gasteiger partial charge in [-0.15, -0.1) is 0 Å². The lowest BCUT2D eigenvalue weighted by molar-refractivity contribution is -0.133. The van der Waals surface area contributed by atoms with Gasteiger partial charge in [-0.05, 0) is 42.9 Å². The first kappa shape index (κ1) is 15.7. The monoisotopic (exact) mass is 349 g/mol. The summed E-state index contributed by atoms with van der Waals surface area (Å²) >= 11 is 0. The van der Waals surface area contributed by atoms with Crippen LogP contribution in [-0.2, 0) is 30.7 Å². The number of pyridine rings is 1. The van der Waals surface area contributed by atoms with Crippen LogP contribution in [0.2, 0.25) is 0 Å². The summed E-state index contributed by atoms with van der Waals surface area (Å²) in [5.74, 6) is 0.682. The number of aryl methyl sites for hydroxylation is 1. The van der Waals surface area contributed by atoms with Crippen LogP contribution in [0.5, 0.6) is 0 Å². The number of rotatable bonds is 3. The third kappa shape index (κ3) is 2.55. The SMILES string of the molecule is Cc1c2c(nc3c1CN(C(=O)CC1CN(c4cncnc4)C1)C3)CCC2. The van der Waals surface area contributed by atoms with Gasteiger partial charge in [-0.25, -0.2) is 9.97 Å². The lowest BCUT2D eigenvalue weighted by atomic mass is 9.95. The summed E-state index contributed by atoms with van der Waals surface area (Å²) in [6, 6.07) is 0. The summed E-state index contributed by atoms with van der Waals surface area (Å²) in [6.07, 6.45) is 9.29. The first-order valence-corrected chi connectivity index (χ1v) is 9.47. The Labute approximate surface area is 153 Å². The van der Waals surface area contributed by atoms with Crippen molar-refractivity contribution in [3.8, 4) is 0 Å². The highest BCUT2D eigenvalue weighted by Gasteiger charge is 2.34. The molecule has 4 heterocycles. The molecule has 2 aromatic heterocycles. The Morgan fingerprint density at radius 1 is 1.12 bits per heavy atom. The van der Waals surface area contributed by atoms with Gasteiger partial charge >= 0.3 is 0 Å². The van der Waals surface area contributed by atoms with Crippen molar-refractivity contribution in [1.82, 2.24) is 19.9 Å². The minimum absolute atomic E-state index is 0.261. The first-order valence-electron chi connectivity index (χ1n) is 9.47. The quantitative estimate of drug-likeness (QED) is 0.849. The van der Waals surface area contributed by atoms with E-state index in [0.29, 0.717) is 18.9 Å². The van der Waals surface area contributed by atoms with E-state index in [1.807, 2.05) is 17.3 Å². The van der Waals surface area contributed by atoms with Crippen LogP contribution < -0.4 is 4.90 Å². The number of nitrogens with zero attached hydrogens (tertiary/aromatic N) is 5. The van der Waals surface area contributed by atoms with Crippen LogP contribution in [-0.4, -0.2) is 38.8 Å². The second kappa shape index (κ2) is 6.04. The molecule has 26 heavy (non-hydrogen) atoms. The van der Waals surface area contributed by atoms with Crippen LogP contribution in [0.3, 0.4) is 0 Å². The highest BCUT2D eigenvalue weighted by atomic mass is 16.2. The number of hydrogen-bond acceptors (Lipinski definition) is 5. The van der Waals surface area contributed by atoms with E-state index in [1.54, 1.807) is 6.33 Å². The van der Waals surface area contributed by atoms with Gasteiger partial charge in [-0.3, -0.25) is 9.78 Å². The summed E-state index contributed by atoms with van der Waals surface area (Å²) in [5.41, 5.74) is 7.58. The lowest BCUT2D eigenvalue weighted by Gasteiger charge is -2.40. The third-order valence-electron chi connectivity index (χ3n) is 6.09. The molecule has 6 nitrogen and oxygen atoms in total. The van der Waals surface area contributed by atoms with E-state index in [4.69, 9.17) is 4.98 Å². The van der Waals surface area contributed by atoms with Gasteiger partial charge in [0.2, 0.25) is 5.91 Å². The minimum Gasteiger partial charge on any atom is -0.368 e. The Hall–Kier alpha value is -2.50. The molecule has 1 aliphatic carbocycles. The van der Waals surface area contributed by atoms with Crippen molar-refractivity contribution in [2.75, 3.05) is 18.0 Å². The number of aromatic nitrogens is 3. The molecule has 3 aliphatic rings. The van der Waals surface area contributed by atoms with Gasteiger partial charge in [0.25, 0.3) is 0 Å². The van der Waals surface area contributed by atoms with Crippen molar-refractivity contribution in [2.45, 2.75) is 45.7 Å². The predicted octanol–water partition coefficient (Wildman–Crippen LogP) is 2.04. The molecular formula is C20H23N5O. The lowest BCUT2D eigenvalue weighted by Crippen LogP contribution is -2.48. The number of hydrogen-bond donors (Lipinski definition) is 0. The molecule has 0 radical (unpaired) electrons. The van der Waals surface area contributed by atoms with E-state index in [0.717, 1.165) is 43.9 Å². The third-order valence-corrected chi connectivity index (χ3v) is 6.09. The summed E-state index contributed by atoms with van der Waals surface area (Å²) in [5, 5.41) is 0. The molecular weight excluding hydrogens is 326 g/mol. The second-order valence-corrected chi connectivity index (χ2v) is 7.76. The normalized spacial score (nSPS) is 18.7. The second-order valence-electron chi connectivity index (χ2n) is 7.76. The van der Waals surface area contributed by atoms with Gasteiger partial charge in [0.15, 0.2) is 0 Å². The molecule has 0 unspecified atom stereocenters. The minimum atomic E-state index is 0.261. The van der Waals surface area contributed by atoms with Crippen molar-refractivity contribution in [3.63, 3.8) is 0 Å². The van der Waals surface area contributed by atoms with Crippen molar-refractivity contribution < 1.29 is 4.79 Å². The summed E-state index contributed by atoms with van der Waals surface area (Å²) in [4.78, 5) is 30.0. The molecule has 2 aromatic rings. The van der Waals surface area contributed by atoms with Crippen molar-refractivity contribution in [3.05, 3.63) is 46.8 Å². The van der Waals surface area contributed by atoms with Crippen molar-refractivity contribution in [1.29, 1.82) is 0 Å². The Kier molecular flexibility index (Phi) is 3.65. The van der Waals surface area contributed by atoms with Gasteiger partial charge in [0.05, 0.1) is 30.3 Å². The fourth-order valence-electron chi connectivity index (χ4n) is 4.57.